The SMILES string of the molecule is c1ccc(-c2ccc(N(c3ccc(-c4ccccc4)cc3)c3ccc(-c4cc(-c5ccccc5)ccc4-c4cccc5oc6ccccc6c45)cc3)cc2)cc1. The molecule has 0 aliphatic heterocycles. The molecule has 0 N–H and O–H groups in total. The fourth-order valence-corrected chi connectivity index (χ4v) is 7.93. The molecular formula is C54H37NO. The first-order valence-electron chi connectivity index (χ1n) is 19.1. The number of fused-ring (bicyclic) bond motifs is 3. The van der Waals surface area contributed by atoms with Gasteiger partial charge in [0.1, 0.15) is 11.2 Å². The molecule has 264 valence electrons. The molecule has 0 bridgehead atoms. The fourth-order valence-electron chi connectivity index (χ4n) is 7.93. The average Bonchev–Trinajstić information content (AvgIpc) is 3.67. The highest BCUT2D eigenvalue weighted by molar-refractivity contribution is 6.13. The van der Waals surface area contributed by atoms with E-state index in [1.807, 2.05) is 12.1 Å². The smallest absolute Gasteiger partial charge is 0.136 e. The Kier molecular flexibility index (Phi) is 8.55. The maximum atomic E-state index is 6.34. The lowest BCUT2D eigenvalue weighted by Crippen LogP contribution is -2.09. The van der Waals surface area contributed by atoms with Crippen molar-refractivity contribution >= 4 is 39.0 Å². The van der Waals surface area contributed by atoms with Crippen molar-refractivity contribution in [3.05, 3.63) is 224 Å². The van der Waals surface area contributed by atoms with E-state index in [1.54, 1.807) is 0 Å². The van der Waals surface area contributed by atoms with Crippen LogP contribution in [0.25, 0.3) is 77.6 Å². The zero-order valence-electron chi connectivity index (χ0n) is 30.7. The summed E-state index contributed by atoms with van der Waals surface area (Å²) in [7, 11) is 0. The predicted molar refractivity (Wildman–Crippen MR) is 236 cm³/mol. The zero-order valence-corrected chi connectivity index (χ0v) is 30.7. The van der Waals surface area contributed by atoms with E-state index in [0.29, 0.717) is 0 Å². The highest BCUT2D eigenvalue weighted by Crippen LogP contribution is 2.43. The molecule has 0 saturated carbocycles. The largest absolute Gasteiger partial charge is 0.456 e. The first-order valence-corrected chi connectivity index (χ1v) is 19.1. The van der Waals surface area contributed by atoms with Gasteiger partial charge in [-0.15, -0.1) is 0 Å². The summed E-state index contributed by atoms with van der Waals surface area (Å²) in [6, 6.07) is 80.0. The van der Waals surface area contributed by atoms with Gasteiger partial charge in [-0.2, -0.15) is 0 Å². The molecule has 1 heterocycles. The van der Waals surface area contributed by atoms with Gasteiger partial charge in [-0.25, -0.2) is 0 Å². The number of rotatable bonds is 8. The normalized spacial score (nSPS) is 11.2. The third kappa shape index (κ3) is 6.24. The van der Waals surface area contributed by atoms with E-state index in [0.717, 1.165) is 50.1 Å². The zero-order chi connectivity index (χ0) is 37.3. The second kappa shape index (κ2) is 14.4. The minimum Gasteiger partial charge on any atom is -0.456 e. The topological polar surface area (TPSA) is 16.4 Å². The van der Waals surface area contributed by atoms with Gasteiger partial charge in [0, 0.05) is 27.8 Å². The number of hydrogen-bond donors (Lipinski definition) is 0. The van der Waals surface area contributed by atoms with Gasteiger partial charge in [0.2, 0.25) is 0 Å². The monoisotopic (exact) mass is 715 g/mol. The molecule has 56 heavy (non-hydrogen) atoms. The first-order chi connectivity index (χ1) is 27.8. The standard InChI is InChI=1S/C54H37NO/c1-4-13-38(14-5-1)41-23-30-45(31-24-41)55(46-32-25-42(26-33-46)39-15-6-2-7-16-39)47-34-27-43(28-35-47)51-37-44(40-17-8-3-9-18-40)29-36-48(51)49-20-12-22-53-54(49)50-19-10-11-21-52(50)56-53/h1-37H. The van der Waals surface area contributed by atoms with Crippen molar-refractivity contribution in [1.82, 2.24) is 0 Å². The van der Waals surface area contributed by atoms with Crippen LogP contribution in [0, 0.1) is 0 Å². The van der Waals surface area contributed by atoms with Crippen LogP contribution in [0.15, 0.2) is 229 Å². The van der Waals surface area contributed by atoms with Crippen LogP contribution < -0.4 is 4.90 Å². The Bertz CT molecular complexity index is 2830. The third-order valence-corrected chi connectivity index (χ3v) is 10.7. The highest BCUT2D eigenvalue weighted by atomic mass is 16.3. The first kappa shape index (κ1) is 33.2. The van der Waals surface area contributed by atoms with Crippen LogP contribution in [0.1, 0.15) is 0 Å². The van der Waals surface area contributed by atoms with E-state index in [4.69, 9.17) is 4.42 Å². The molecule has 0 atom stereocenters. The molecule has 1 aromatic heterocycles. The summed E-state index contributed by atoms with van der Waals surface area (Å²) >= 11 is 0. The number of hydrogen-bond acceptors (Lipinski definition) is 2. The molecule has 0 radical (unpaired) electrons. The molecule has 2 nitrogen and oxygen atoms in total. The molecule has 0 fully saturated rings. The maximum absolute atomic E-state index is 6.34. The number of nitrogens with zero attached hydrogens (tertiary/aromatic N) is 1. The van der Waals surface area contributed by atoms with Crippen molar-refractivity contribution in [2.75, 3.05) is 4.90 Å². The Balaban J connectivity index is 1.10. The minimum absolute atomic E-state index is 0.893. The summed E-state index contributed by atoms with van der Waals surface area (Å²) in [5.74, 6) is 0. The summed E-state index contributed by atoms with van der Waals surface area (Å²) in [5.41, 5.74) is 16.8. The van der Waals surface area contributed by atoms with E-state index in [1.165, 1.54) is 44.5 Å². The highest BCUT2D eigenvalue weighted by Gasteiger charge is 2.18. The Morgan fingerprint density at radius 3 is 1.25 bits per heavy atom. The van der Waals surface area contributed by atoms with E-state index >= 15 is 0 Å². The lowest BCUT2D eigenvalue weighted by atomic mass is 9.89. The molecule has 0 aliphatic carbocycles. The lowest BCUT2D eigenvalue weighted by Gasteiger charge is -2.26. The molecule has 10 aromatic rings. The molecular weight excluding hydrogens is 679 g/mol. The van der Waals surface area contributed by atoms with E-state index in [2.05, 4.69) is 217 Å². The van der Waals surface area contributed by atoms with Gasteiger partial charge in [-0.1, -0.05) is 170 Å². The Hall–Kier alpha value is -7.42. The number of benzene rings is 9. The van der Waals surface area contributed by atoms with Crippen LogP contribution in [0.3, 0.4) is 0 Å². The lowest BCUT2D eigenvalue weighted by molar-refractivity contribution is 0.669. The molecule has 0 aliphatic rings. The van der Waals surface area contributed by atoms with Crippen LogP contribution in [-0.2, 0) is 0 Å². The fraction of sp³-hybridized carbons (Fsp3) is 0. The third-order valence-electron chi connectivity index (χ3n) is 10.7. The van der Waals surface area contributed by atoms with Crippen LogP contribution in [0.2, 0.25) is 0 Å². The summed E-state index contributed by atoms with van der Waals surface area (Å²) < 4.78 is 6.34. The van der Waals surface area contributed by atoms with Crippen LogP contribution in [0.4, 0.5) is 17.1 Å². The Labute approximate surface area is 327 Å². The minimum atomic E-state index is 0.893. The van der Waals surface area contributed by atoms with Crippen molar-refractivity contribution in [3.8, 4) is 55.6 Å². The molecule has 9 aromatic carbocycles. The van der Waals surface area contributed by atoms with Crippen molar-refractivity contribution in [1.29, 1.82) is 0 Å². The molecule has 0 amide bonds. The molecule has 10 rings (SSSR count). The summed E-state index contributed by atoms with van der Waals surface area (Å²) in [6.07, 6.45) is 0. The molecule has 0 spiro atoms. The van der Waals surface area contributed by atoms with Gasteiger partial charge < -0.3 is 9.32 Å². The van der Waals surface area contributed by atoms with E-state index < -0.39 is 0 Å². The van der Waals surface area contributed by atoms with Crippen LogP contribution >= 0.6 is 0 Å². The van der Waals surface area contributed by atoms with Gasteiger partial charge in [0.05, 0.1) is 0 Å². The van der Waals surface area contributed by atoms with Gasteiger partial charge >= 0.3 is 0 Å². The van der Waals surface area contributed by atoms with Crippen molar-refractivity contribution < 1.29 is 4.42 Å². The quantitative estimate of drug-likeness (QED) is 0.156. The second-order valence-corrected chi connectivity index (χ2v) is 14.1. The van der Waals surface area contributed by atoms with Gasteiger partial charge in [-0.05, 0) is 110 Å². The Morgan fingerprint density at radius 1 is 0.268 bits per heavy atom. The van der Waals surface area contributed by atoms with Crippen molar-refractivity contribution in [2.45, 2.75) is 0 Å². The maximum Gasteiger partial charge on any atom is 0.136 e. The van der Waals surface area contributed by atoms with Gasteiger partial charge in [0.25, 0.3) is 0 Å². The van der Waals surface area contributed by atoms with Gasteiger partial charge in [-0.3, -0.25) is 0 Å². The number of para-hydroxylation sites is 1. The van der Waals surface area contributed by atoms with E-state index in [-0.39, 0.29) is 0 Å². The van der Waals surface area contributed by atoms with Gasteiger partial charge in [0.15, 0.2) is 0 Å². The summed E-state index contributed by atoms with van der Waals surface area (Å²) in [6.45, 7) is 0. The van der Waals surface area contributed by atoms with Crippen LogP contribution in [0.5, 0.6) is 0 Å². The molecule has 2 heteroatoms. The summed E-state index contributed by atoms with van der Waals surface area (Å²) in [4.78, 5) is 2.34. The van der Waals surface area contributed by atoms with E-state index in [9.17, 15) is 0 Å². The second-order valence-electron chi connectivity index (χ2n) is 14.1. The summed E-state index contributed by atoms with van der Waals surface area (Å²) in [5, 5.41) is 2.26. The van der Waals surface area contributed by atoms with Crippen molar-refractivity contribution in [2.24, 2.45) is 0 Å². The predicted octanol–water partition coefficient (Wildman–Crippen LogP) is 15.4. The number of furan rings is 1. The van der Waals surface area contributed by atoms with Crippen LogP contribution in [-0.4, -0.2) is 0 Å². The Morgan fingerprint density at radius 2 is 0.696 bits per heavy atom. The molecule has 0 unspecified atom stereocenters. The number of anilines is 3. The molecule has 0 saturated heterocycles. The van der Waals surface area contributed by atoms with Crippen molar-refractivity contribution in [3.63, 3.8) is 0 Å². The average molecular weight is 716 g/mol.